The average molecular weight is 207 g/mol. The number of aryl methyl sites for hydroxylation is 1. The van der Waals surface area contributed by atoms with E-state index in [1.54, 1.807) is 12.4 Å². The van der Waals surface area contributed by atoms with Crippen LogP contribution in [-0.2, 0) is 0 Å². The van der Waals surface area contributed by atoms with E-state index >= 15 is 0 Å². The molecule has 3 nitrogen and oxygen atoms in total. The van der Waals surface area contributed by atoms with Gasteiger partial charge >= 0.3 is 0 Å². The van der Waals surface area contributed by atoms with E-state index in [0.29, 0.717) is 5.92 Å². The molecule has 0 saturated carbocycles. The molecule has 0 amide bonds. The van der Waals surface area contributed by atoms with Crippen molar-refractivity contribution in [1.82, 2.24) is 9.97 Å². The molecule has 0 fully saturated rings. The van der Waals surface area contributed by atoms with Gasteiger partial charge in [0, 0.05) is 18.9 Å². The summed E-state index contributed by atoms with van der Waals surface area (Å²) in [5.41, 5.74) is 1.22. The first-order valence-corrected chi connectivity index (χ1v) is 5.45. The molecule has 1 rings (SSSR count). The maximum Gasteiger partial charge on any atom is 0.147 e. The van der Waals surface area contributed by atoms with Crippen molar-refractivity contribution in [1.29, 1.82) is 0 Å². The number of aromatic nitrogens is 2. The van der Waals surface area contributed by atoms with Crippen LogP contribution in [0.2, 0.25) is 0 Å². The topological polar surface area (TPSA) is 37.8 Å². The summed E-state index contributed by atoms with van der Waals surface area (Å²) < 4.78 is 0. The number of nitrogens with one attached hydrogen (secondary N) is 1. The molecule has 84 valence electrons. The zero-order valence-electron chi connectivity index (χ0n) is 10.3. The second kappa shape index (κ2) is 4.60. The first kappa shape index (κ1) is 12.0. The molecule has 0 radical (unpaired) electrons. The number of hydrogen-bond acceptors (Lipinski definition) is 3. The molecule has 0 aliphatic heterocycles. The van der Waals surface area contributed by atoms with Gasteiger partial charge in [-0.2, -0.15) is 0 Å². The van der Waals surface area contributed by atoms with Crippen LogP contribution in [0, 0.1) is 18.3 Å². The monoisotopic (exact) mass is 207 g/mol. The zero-order chi connectivity index (χ0) is 11.5. The molecule has 0 aliphatic carbocycles. The van der Waals surface area contributed by atoms with Crippen LogP contribution in [0.5, 0.6) is 0 Å². The molecule has 1 aromatic rings. The summed E-state index contributed by atoms with van der Waals surface area (Å²) in [5, 5.41) is 3.36. The predicted molar refractivity (Wildman–Crippen MR) is 63.9 cm³/mol. The fourth-order valence-electron chi connectivity index (χ4n) is 1.10. The van der Waals surface area contributed by atoms with Crippen molar-refractivity contribution in [2.24, 2.45) is 11.3 Å². The van der Waals surface area contributed by atoms with Gasteiger partial charge in [0.15, 0.2) is 0 Å². The summed E-state index contributed by atoms with van der Waals surface area (Å²) in [5.74, 6) is 1.54. The molecule has 3 heteroatoms. The van der Waals surface area contributed by atoms with Crippen molar-refractivity contribution in [2.45, 2.75) is 34.6 Å². The molecule has 1 N–H and O–H groups in total. The third-order valence-electron chi connectivity index (χ3n) is 3.16. The maximum atomic E-state index is 4.27. The second-order valence-electron chi connectivity index (χ2n) is 4.99. The summed E-state index contributed by atoms with van der Waals surface area (Å²) in [6.07, 6.45) is 3.44. The first-order chi connectivity index (χ1) is 6.93. The highest BCUT2D eigenvalue weighted by Crippen LogP contribution is 2.26. The van der Waals surface area contributed by atoms with Crippen LogP contribution < -0.4 is 5.32 Å². The Kier molecular flexibility index (Phi) is 3.66. The Hall–Kier alpha value is -1.12. The highest BCUT2D eigenvalue weighted by molar-refractivity contribution is 5.38. The number of hydrogen-bond donors (Lipinski definition) is 1. The number of anilines is 1. The molecule has 0 unspecified atom stereocenters. The lowest BCUT2D eigenvalue weighted by Crippen LogP contribution is -2.29. The van der Waals surface area contributed by atoms with Gasteiger partial charge < -0.3 is 5.32 Å². The molecule has 0 spiro atoms. The molecule has 0 aliphatic rings. The minimum atomic E-state index is 0.268. The fourth-order valence-corrected chi connectivity index (χ4v) is 1.10. The van der Waals surface area contributed by atoms with Gasteiger partial charge in [0.2, 0.25) is 0 Å². The van der Waals surface area contributed by atoms with E-state index < -0.39 is 0 Å². The standard InChI is InChI=1S/C12H21N3/c1-9(2)12(4,5)8-15-11-10(3)13-6-7-14-11/h6-7,9H,8H2,1-5H3,(H,14,15). The van der Waals surface area contributed by atoms with Crippen LogP contribution in [0.25, 0.3) is 0 Å². The van der Waals surface area contributed by atoms with E-state index in [1.807, 2.05) is 6.92 Å². The quantitative estimate of drug-likeness (QED) is 0.825. The van der Waals surface area contributed by atoms with Crippen molar-refractivity contribution in [2.75, 3.05) is 11.9 Å². The van der Waals surface area contributed by atoms with Crippen LogP contribution in [-0.4, -0.2) is 16.5 Å². The van der Waals surface area contributed by atoms with Crippen LogP contribution in [0.3, 0.4) is 0 Å². The van der Waals surface area contributed by atoms with Crippen molar-refractivity contribution >= 4 is 5.82 Å². The molecule has 15 heavy (non-hydrogen) atoms. The minimum absolute atomic E-state index is 0.268. The van der Waals surface area contributed by atoms with Gasteiger partial charge in [0.1, 0.15) is 5.82 Å². The Labute approximate surface area is 92.3 Å². The highest BCUT2D eigenvalue weighted by Gasteiger charge is 2.22. The summed E-state index contributed by atoms with van der Waals surface area (Å²) >= 11 is 0. The van der Waals surface area contributed by atoms with Crippen molar-refractivity contribution in [3.8, 4) is 0 Å². The zero-order valence-corrected chi connectivity index (χ0v) is 10.3. The molecule has 0 saturated heterocycles. The Balaban J connectivity index is 2.62. The Morgan fingerprint density at radius 3 is 2.40 bits per heavy atom. The largest absolute Gasteiger partial charge is 0.368 e. The Morgan fingerprint density at radius 2 is 1.87 bits per heavy atom. The van der Waals surface area contributed by atoms with Gasteiger partial charge in [-0.25, -0.2) is 4.98 Å². The maximum absolute atomic E-state index is 4.27. The van der Waals surface area contributed by atoms with Gasteiger partial charge in [0.05, 0.1) is 5.69 Å². The summed E-state index contributed by atoms with van der Waals surface area (Å²) in [7, 11) is 0. The molecular weight excluding hydrogens is 186 g/mol. The van der Waals surface area contributed by atoms with Gasteiger partial charge in [-0.05, 0) is 18.3 Å². The second-order valence-corrected chi connectivity index (χ2v) is 4.99. The van der Waals surface area contributed by atoms with Crippen LogP contribution in [0.15, 0.2) is 12.4 Å². The predicted octanol–water partition coefficient (Wildman–Crippen LogP) is 2.88. The number of rotatable bonds is 4. The molecule has 1 heterocycles. The molecule has 0 atom stereocenters. The fraction of sp³-hybridized carbons (Fsp3) is 0.667. The average Bonchev–Trinajstić information content (AvgIpc) is 2.16. The van der Waals surface area contributed by atoms with Crippen LogP contribution in [0.4, 0.5) is 5.82 Å². The van der Waals surface area contributed by atoms with Crippen LogP contribution in [0.1, 0.15) is 33.4 Å². The highest BCUT2D eigenvalue weighted by atomic mass is 15.0. The SMILES string of the molecule is Cc1nccnc1NCC(C)(C)C(C)C. The first-order valence-electron chi connectivity index (χ1n) is 5.45. The van der Waals surface area contributed by atoms with Crippen molar-refractivity contribution < 1.29 is 0 Å². The van der Waals surface area contributed by atoms with Gasteiger partial charge in [0.25, 0.3) is 0 Å². The number of nitrogens with zero attached hydrogens (tertiary/aromatic N) is 2. The van der Waals surface area contributed by atoms with E-state index in [-0.39, 0.29) is 5.41 Å². The van der Waals surface area contributed by atoms with E-state index in [1.165, 1.54) is 0 Å². The van der Waals surface area contributed by atoms with Crippen LogP contribution >= 0.6 is 0 Å². The molecule has 1 aromatic heterocycles. The van der Waals surface area contributed by atoms with E-state index in [4.69, 9.17) is 0 Å². The molecular formula is C12H21N3. The van der Waals surface area contributed by atoms with Gasteiger partial charge in [-0.3, -0.25) is 4.98 Å². The van der Waals surface area contributed by atoms with E-state index in [9.17, 15) is 0 Å². The summed E-state index contributed by atoms with van der Waals surface area (Å²) in [6, 6.07) is 0. The lowest BCUT2D eigenvalue weighted by molar-refractivity contribution is 0.269. The Bertz CT molecular complexity index is 318. The van der Waals surface area contributed by atoms with Crippen molar-refractivity contribution in [3.05, 3.63) is 18.1 Å². The summed E-state index contributed by atoms with van der Waals surface area (Å²) in [6.45, 7) is 11.9. The van der Waals surface area contributed by atoms with E-state index in [2.05, 4.69) is 43.0 Å². The third kappa shape index (κ3) is 3.18. The normalized spacial score (nSPS) is 11.9. The molecule has 0 aromatic carbocycles. The van der Waals surface area contributed by atoms with Gasteiger partial charge in [-0.1, -0.05) is 27.7 Å². The van der Waals surface area contributed by atoms with Crippen molar-refractivity contribution in [3.63, 3.8) is 0 Å². The lowest BCUT2D eigenvalue weighted by Gasteiger charge is -2.29. The van der Waals surface area contributed by atoms with E-state index in [0.717, 1.165) is 18.1 Å². The van der Waals surface area contributed by atoms with Gasteiger partial charge in [-0.15, -0.1) is 0 Å². The summed E-state index contributed by atoms with van der Waals surface area (Å²) in [4.78, 5) is 8.47. The minimum Gasteiger partial charge on any atom is -0.368 e. The Morgan fingerprint density at radius 1 is 1.27 bits per heavy atom. The lowest BCUT2D eigenvalue weighted by atomic mass is 9.81. The third-order valence-corrected chi connectivity index (χ3v) is 3.16. The molecule has 0 bridgehead atoms. The smallest absolute Gasteiger partial charge is 0.147 e.